The van der Waals surface area contributed by atoms with Crippen molar-refractivity contribution in [2.75, 3.05) is 0 Å². The van der Waals surface area contributed by atoms with Crippen LogP contribution in [-0.2, 0) is 4.74 Å². The van der Waals surface area contributed by atoms with Crippen molar-refractivity contribution in [1.29, 1.82) is 0 Å². The van der Waals surface area contributed by atoms with E-state index in [9.17, 15) is 0 Å². The fourth-order valence-corrected chi connectivity index (χ4v) is 4.44. The summed E-state index contributed by atoms with van der Waals surface area (Å²) in [4.78, 5) is 0. The first-order chi connectivity index (χ1) is 7.33. The molecule has 0 aliphatic heterocycles. The average molecular weight is 490 g/mol. The molecule has 0 bridgehead atoms. The van der Waals surface area contributed by atoms with Gasteiger partial charge in [-0.1, -0.05) is 0 Å². The molecule has 5 heteroatoms. The number of hydrogen-bond acceptors (Lipinski definition) is 1. The molecule has 0 saturated heterocycles. The molecule has 0 aromatic rings. The molecule has 0 spiro atoms. The van der Waals surface area contributed by atoms with Gasteiger partial charge in [0.25, 0.3) is 0 Å². The third kappa shape index (κ3) is 4.60. The molecule has 0 aromatic carbocycles. The van der Waals surface area contributed by atoms with Gasteiger partial charge in [0.1, 0.15) is 0 Å². The van der Waals surface area contributed by atoms with E-state index in [1.54, 1.807) is 0 Å². The Kier molecular flexibility index (Phi) is 7.13. The summed E-state index contributed by atoms with van der Waals surface area (Å²) >= 11 is 3.83. The Morgan fingerprint density at radius 3 is 1.12 bits per heavy atom. The van der Waals surface area contributed by atoms with Crippen molar-refractivity contribution in [1.82, 2.24) is 0 Å². The van der Waals surface area contributed by atoms with Gasteiger partial charge < -0.3 is 0 Å². The predicted molar refractivity (Wildman–Crippen MR) is 89.1 cm³/mol. The molecule has 17 heavy (non-hydrogen) atoms. The monoisotopic (exact) mass is 490 g/mol. The molecule has 0 rings (SSSR count). The Labute approximate surface area is 139 Å². The molecule has 1 nitrogen and oxygen atoms in total. The Morgan fingerprint density at radius 2 is 0.941 bits per heavy atom. The van der Waals surface area contributed by atoms with Crippen LogP contribution in [0.15, 0.2) is 0 Å². The molecule has 6 atom stereocenters. The summed E-state index contributed by atoms with van der Waals surface area (Å²) in [6, 6.07) is 0. The predicted octanol–water partition coefficient (Wildman–Crippen LogP) is 1.07. The van der Waals surface area contributed by atoms with Gasteiger partial charge in [-0.15, -0.1) is 0 Å². The van der Waals surface area contributed by atoms with E-state index in [-0.39, 0.29) is 42.7 Å². The molecule has 0 aliphatic carbocycles. The van der Waals surface area contributed by atoms with Crippen LogP contribution in [-0.4, -0.2) is 76.4 Å². The van der Waals surface area contributed by atoms with E-state index in [0.29, 0.717) is 5.98 Å². The van der Waals surface area contributed by atoms with E-state index < -0.39 is 0 Å². The molecule has 0 N–H and O–H groups in total. The molecule has 6 unspecified atom stereocenters. The minimum absolute atomic E-state index is 0.0000694. The van der Waals surface area contributed by atoms with Crippen LogP contribution < -0.4 is 0 Å². The standard InChI is InChI=1S/C12H30As4O/c1-9(2,11(5,13)15-7)17-10(3,4)12(6,14)16-8/h15-16H,13-14H2,1-8H3. The van der Waals surface area contributed by atoms with Crippen LogP contribution in [0.3, 0.4) is 0 Å². The summed E-state index contributed by atoms with van der Waals surface area (Å²) in [6.07, 6.45) is 0. The number of rotatable bonds is 6. The molecule has 0 fully saturated rings. The van der Waals surface area contributed by atoms with Gasteiger partial charge in [-0.2, -0.15) is 0 Å². The Morgan fingerprint density at radius 1 is 0.706 bits per heavy atom. The van der Waals surface area contributed by atoms with Crippen molar-refractivity contribution < 1.29 is 4.74 Å². The zero-order valence-corrected chi connectivity index (χ0v) is 21.6. The molecule has 0 saturated carbocycles. The van der Waals surface area contributed by atoms with Crippen molar-refractivity contribution in [2.45, 2.75) is 70.1 Å². The Balaban J connectivity index is 5.07. The quantitative estimate of drug-likeness (QED) is 0.507. The summed E-state index contributed by atoms with van der Waals surface area (Å²) in [7, 11) is 0. The maximum absolute atomic E-state index is 6.63. The van der Waals surface area contributed by atoms with Crippen LogP contribution in [0, 0.1) is 0 Å². The van der Waals surface area contributed by atoms with Gasteiger partial charge >= 0.3 is 140 Å². The van der Waals surface area contributed by atoms with Crippen molar-refractivity contribution in [3.05, 3.63) is 0 Å². The molecular weight excluding hydrogens is 460 g/mol. The minimum atomic E-state index is -0.0000694. The fraction of sp³-hybridized carbons (Fsp3) is 1.00. The van der Waals surface area contributed by atoms with E-state index in [1.165, 1.54) is 0 Å². The van der Waals surface area contributed by atoms with Gasteiger partial charge in [-0.25, -0.2) is 0 Å². The summed E-state index contributed by atoms with van der Waals surface area (Å²) in [5.74, 6) is 0. The second-order valence-electron chi connectivity index (χ2n) is 6.03. The normalized spacial score (nSPS) is 22.2. The third-order valence-corrected chi connectivity index (χ3v) is 20.1. The summed E-state index contributed by atoms with van der Waals surface area (Å²) in [5.41, 5.74) is 4.78. The second kappa shape index (κ2) is 6.31. The first-order valence-corrected chi connectivity index (χ1v) is 14.7. The van der Waals surface area contributed by atoms with Crippen molar-refractivity contribution >= 4 is 65.2 Å². The summed E-state index contributed by atoms with van der Waals surface area (Å²) in [5, 5.41) is 0. The average Bonchev–Trinajstić information content (AvgIpc) is 2.15. The molecule has 0 radical (unpaired) electrons. The van der Waals surface area contributed by atoms with Gasteiger partial charge in [0.05, 0.1) is 0 Å². The van der Waals surface area contributed by atoms with Gasteiger partial charge in [-0.05, 0) is 0 Å². The van der Waals surface area contributed by atoms with Crippen LogP contribution in [0.25, 0.3) is 0 Å². The van der Waals surface area contributed by atoms with Gasteiger partial charge in [0.15, 0.2) is 0 Å². The SMILES string of the molecule is C[AsH]C(C)([AsH2])C(C)(C)OC(C)(C)C(C)([AsH2])[AsH]C. The van der Waals surface area contributed by atoms with Crippen molar-refractivity contribution in [3.8, 4) is 0 Å². The van der Waals surface area contributed by atoms with Gasteiger partial charge in [0.2, 0.25) is 0 Å². The number of hydrogen-bond donors (Lipinski definition) is 0. The van der Waals surface area contributed by atoms with E-state index in [4.69, 9.17) is 4.74 Å². The van der Waals surface area contributed by atoms with E-state index in [0.717, 1.165) is 0 Å². The van der Waals surface area contributed by atoms with Crippen LogP contribution in [0.1, 0.15) is 41.5 Å². The van der Waals surface area contributed by atoms with Crippen LogP contribution in [0.2, 0.25) is 17.4 Å². The maximum atomic E-state index is 6.63. The van der Waals surface area contributed by atoms with Crippen molar-refractivity contribution in [3.63, 3.8) is 0 Å². The van der Waals surface area contributed by atoms with E-state index in [1.807, 2.05) is 33.7 Å². The van der Waals surface area contributed by atoms with Gasteiger partial charge in [0, 0.05) is 0 Å². The third-order valence-electron chi connectivity index (χ3n) is 4.05. The van der Waals surface area contributed by atoms with Crippen molar-refractivity contribution in [2.24, 2.45) is 0 Å². The van der Waals surface area contributed by atoms with Crippen LogP contribution in [0.4, 0.5) is 0 Å². The molecule has 104 valence electrons. The van der Waals surface area contributed by atoms with Crippen LogP contribution >= 0.6 is 0 Å². The molecule has 0 aromatic heterocycles. The number of ether oxygens (including phenoxy) is 1. The van der Waals surface area contributed by atoms with E-state index in [2.05, 4.69) is 53.0 Å². The van der Waals surface area contributed by atoms with Gasteiger partial charge in [-0.3, -0.25) is 0 Å². The molecule has 0 heterocycles. The summed E-state index contributed by atoms with van der Waals surface area (Å²) < 4.78 is 7.42. The zero-order valence-electron chi connectivity index (χ0n) is 12.6. The molecule has 0 aliphatic rings. The zero-order chi connectivity index (χ0) is 14.1. The van der Waals surface area contributed by atoms with E-state index >= 15 is 0 Å². The first kappa shape index (κ1) is 19.2. The summed E-state index contributed by atoms with van der Waals surface area (Å²) in [6.45, 7) is 14.0. The molecule has 0 amide bonds. The Hall–Kier alpha value is 2.19. The first-order valence-electron chi connectivity index (χ1n) is 5.99. The molecular formula is C12H30As4O. The Bertz CT molecular complexity index is 233. The topological polar surface area (TPSA) is 9.23 Å². The fourth-order valence-electron chi connectivity index (χ4n) is 1.45. The van der Waals surface area contributed by atoms with Crippen LogP contribution in [0.5, 0.6) is 0 Å². The second-order valence-corrected chi connectivity index (χ2v) is 22.4.